The van der Waals surface area contributed by atoms with Crippen LogP contribution in [0.25, 0.3) is 10.8 Å². The molecular weight excluding hydrogens is 475 g/mol. The van der Waals surface area contributed by atoms with Crippen molar-refractivity contribution in [3.8, 4) is 11.6 Å². The van der Waals surface area contributed by atoms with E-state index in [0.29, 0.717) is 5.75 Å². The molecule has 0 aliphatic heterocycles. The third-order valence-electron chi connectivity index (χ3n) is 4.55. The first-order chi connectivity index (χ1) is 15.8. The van der Waals surface area contributed by atoms with Crippen LogP contribution in [0.5, 0.6) is 11.6 Å². The fourth-order valence-corrected chi connectivity index (χ4v) is 3.40. The van der Waals surface area contributed by atoms with Gasteiger partial charge in [0.05, 0.1) is 16.9 Å². The van der Waals surface area contributed by atoms with Crippen molar-refractivity contribution >= 4 is 51.6 Å². The van der Waals surface area contributed by atoms with E-state index in [-0.39, 0.29) is 21.6 Å². The molecule has 3 amide bonds. The standard InChI is InChI=1S/C23H13Cl2F2N3O3/c24-19-16(29-23(32)30-21(31)18-14(26)8-4-9-15(18)27)11-28-22(20(19)25)33-17-10-3-6-12-5-1-2-7-13(12)17/h1-11H,(H2,29,30,31,32). The number of imide groups is 1. The molecule has 166 valence electrons. The lowest BCUT2D eigenvalue weighted by molar-refractivity contribution is 0.0959. The van der Waals surface area contributed by atoms with Crippen LogP contribution in [0.15, 0.2) is 66.9 Å². The number of aromatic nitrogens is 1. The van der Waals surface area contributed by atoms with Crippen LogP contribution >= 0.6 is 23.2 Å². The minimum Gasteiger partial charge on any atom is -0.437 e. The number of hydrogen-bond donors (Lipinski definition) is 2. The Morgan fingerprint density at radius 1 is 0.879 bits per heavy atom. The summed E-state index contributed by atoms with van der Waals surface area (Å²) >= 11 is 12.5. The average molecular weight is 488 g/mol. The summed E-state index contributed by atoms with van der Waals surface area (Å²) in [6.07, 6.45) is 1.17. The van der Waals surface area contributed by atoms with Gasteiger partial charge in [0, 0.05) is 5.39 Å². The molecule has 3 aromatic carbocycles. The number of hydrogen-bond acceptors (Lipinski definition) is 4. The summed E-state index contributed by atoms with van der Waals surface area (Å²) in [5.74, 6) is -3.01. The second-order valence-electron chi connectivity index (χ2n) is 6.69. The minimum absolute atomic E-state index is 0.00604. The van der Waals surface area contributed by atoms with Crippen LogP contribution in [0.1, 0.15) is 10.4 Å². The van der Waals surface area contributed by atoms with Crippen LogP contribution in [-0.4, -0.2) is 16.9 Å². The Bertz CT molecular complexity index is 1370. The van der Waals surface area contributed by atoms with Crippen molar-refractivity contribution in [3.63, 3.8) is 0 Å². The number of amides is 3. The molecule has 0 aliphatic rings. The maximum atomic E-state index is 13.7. The first-order valence-corrected chi connectivity index (χ1v) is 10.2. The summed E-state index contributed by atoms with van der Waals surface area (Å²) in [4.78, 5) is 28.3. The van der Waals surface area contributed by atoms with E-state index in [4.69, 9.17) is 27.9 Å². The quantitative estimate of drug-likeness (QED) is 0.340. The van der Waals surface area contributed by atoms with Crippen LogP contribution < -0.4 is 15.4 Å². The molecule has 0 saturated heterocycles. The molecule has 1 aromatic heterocycles. The molecule has 0 atom stereocenters. The van der Waals surface area contributed by atoms with Crippen LogP contribution in [0.4, 0.5) is 19.3 Å². The van der Waals surface area contributed by atoms with Crippen molar-refractivity contribution in [1.82, 2.24) is 10.3 Å². The van der Waals surface area contributed by atoms with E-state index in [1.165, 1.54) is 6.20 Å². The molecule has 4 aromatic rings. The van der Waals surface area contributed by atoms with E-state index >= 15 is 0 Å². The van der Waals surface area contributed by atoms with E-state index in [2.05, 4.69) is 10.3 Å². The van der Waals surface area contributed by atoms with Gasteiger partial charge in [0.15, 0.2) is 0 Å². The van der Waals surface area contributed by atoms with Gasteiger partial charge in [0.1, 0.15) is 28.0 Å². The van der Waals surface area contributed by atoms with Crippen molar-refractivity contribution in [1.29, 1.82) is 0 Å². The lowest BCUT2D eigenvalue weighted by atomic mass is 10.1. The van der Waals surface area contributed by atoms with Crippen molar-refractivity contribution < 1.29 is 23.1 Å². The number of urea groups is 1. The summed E-state index contributed by atoms with van der Waals surface area (Å²) in [6.45, 7) is 0. The zero-order valence-electron chi connectivity index (χ0n) is 16.5. The highest BCUT2D eigenvalue weighted by Gasteiger charge is 2.21. The number of rotatable bonds is 4. The van der Waals surface area contributed by atoms with Crippen LogP contribution in [0.2, 0.25) is 10.0 Å². The SMILES string of the molecule is O=C(NC(=O)c1c(F)cccc1F)Nc1cnc(Oc2cccc3ccccc23)c(Cl)c1Cl. The smallest absolute Gasteiger partial charge is 0.326 e. The molecule has 0 unspecified atom stereocenters. The fourth-order valence-electron chi connectivity index (χ4n) is 3.03. The molecule has 0 fully saturated rings. The van der Waals surface area contributed by atoms with E-state index in [1.54, 1.807) is 6.07 Å². The fraction of sp³-hybridized carbons (Fsp3) is 0. The molecule has 33 heavy (non-hydrogen) atoms. The Hall–Kier alpha value is -3.75. The monoisotopic (exact) mass is 487 g/mol. The first-order valence-electron chi connectivity index (χ1n) is 9.41. The van der Waals surface area contributed by atoms with Crippen molar-refractivity contribution in [2.75, 3.05) is 5.32 Å². The highest BCUT2D eigenvalue weighted by Crippen LogP contribution is 2.39. The van der Waals surface area contributed by atoms with E-state index in [9.17, 15) is 18.4 Å². The number of carbonyl (C=O) groups excluding carboxylic acids is 2. The summed E-state index contributed by atoms with van der Waals surface area (Å²) in [7, 11) is 0. The molecular formula is C23H13Cl2F2N3O3. The number of pyridine rings is 1. The zero-order chi connectivity index (χ0) is 23.5. The van der Waals surface area contributed by atoms with Gasteiger partial charge in [-0.15, -0.1) is 0 Å². The molecule has 0 aliphatic carbocycles. The summed E-state index contributed by atoms with van der Waals surface area (Å²) in [5, 5.41) is 5.66. The van der Waals surface area contributed by atoms with Crippen LogP contribution in [0.3, 0.4) is 0 Å². The van der Waals surface area contributed by atoms with Gasteiger partial charge in [-0.1, -0.05) is 65.7 Å². The molecule has 6 nitrogen and oxygen atoms in total. The molecule has 0 saturated carbocycles. The number of anilines is 1. The molecule has 4 rings (SSSR count). The predicted molar refractivity (Wildman–Crippen MR) is 121 cm³/mol. The Kier molecular flexibility index (Phi) is 6.39. The summed E-state index contributed by atoms with van der Waals surface area (Å²) in [5.41, 5.74) is -0.944. The molecule has 0 bridgehead atoms. The number of halogens is 4. The summed E-state index contributed by atoms with van der Waals surface area (Å²) in [6, 6.07) is 14.8. The third-order valence-corrected chi connectivity index (χ3v) is 5.39. The number of fused-ring (bicyclic) bond motifs is 1. The second kappa shape index (κ2) is 9.40. The van der Waals surface area contributed by atoms with E-state index < -0.39 is 29.1 Å². The molecule has 0 spiro atoms. The maximum absolute atomic E-state index is 13.7. The maximum Gasteiger partial charge on any atom is 0.326 e. The van der Waals surface area contributed by atoms with Crippen LogP contribution in [0, 0.1) is 11.6 Å². The van der Waals surface area contributed by atoms with Gasteiger partial charge < -0.3 is 10.1 Å². The van der Waals surface area contributed by atoms with E-state index in [1.807, 2.05) is 41.7 Å². The highest BCUT2D eigenvalue weighted by atomic mass is 35.5. The molecule has 10 heteroatoms. The second-order valence-corrected chi connectivity index (χ2v) is 7.45. The van der Waals surface area contributed by atoms with E-state index in [0.717, 1.165) is 29.0 Å². The van der Waals surface area contributed by atoms with Gasteiger partial charge in [-0.2, -0.15) is 0 Å². The van der Waals surface area contributed by atoms with Gasteiger partial charge in [-0.3, -0.25) is 10.1 Å². The minimum atomic E-state index is -1.27. The van der Waals surface area contributed by atoms with Gasteiger partial charge in [-0.05, 0) is 23.6 Å². The van der Waals surface area contributed by atoms with Crippen molar-refractivity contribution in [2.24, 2.45) is 0 Å². The molecule has 1 heterocycles. The number of benzene rings is 3. The Morgan fingerprint density at radius 2 is 1.55 bits per heavy atom. The van der Waals surface area contributed by atoms with Gasteiger partial charge in [0.25, 0.3) is 5.91 Å². The Morgan fingerprint density at radius 3 is 2.30 bits per heavy atom. The topological polar surface area (TPSA) is 80.3 Å². The number of nitrogens with zero attached hydrogens (tertiary/aromatic N) is 1. The number of ether oxygens (including phenoxy) is 1. The van der Waals surface area contributed by atoms with Crippen molar-refractivity contribution in [3.05, 3.63) is 94.1 Å². The molecule has 2 N–H and O–H groups in total. The predicted octanol–water partition coefficient (Wildman–Crippen LogP) is 6.57. The van der Waals surface area contributed by atoms with Crippen LogP contribution in [-0.2, 0) is 0 Å². The van der Waals surface area contributed by atoms with Gasteiger partial charge in [0.2, 0.25) is 5.88 Å². The Labute approximate surface area is 196 Å². The lowest BCUT2D eigenvalue weighted by Gasteiger charge is -2.13. The van der Waals surface area contributed by atoms with Gasteiger partial charge in [-0.25, -0.2) is 18.6 Å². The van der Waals surface area contributed by atoms with Gasteiger partial charge >= 0.3 is 6.03 Å². The highest BCUT2D eigenvalue weighted by molar-refractivity contribution is 6.44. The largest absolute Gasteiger partial charge is 0.437 e. The number of nitrogens with one attached hydrogen (secondary N) is 2. The Balaban J connectivity index is 1.51. The summed E-state index contributed by atoms with van der Waals surface area (Å²) < 4.78 is 33.3. The van der Waals surface area contributed by atoms with Crippen molar-refractivity contribution in [2.45, 2.75) is 0 Å². The zero-order valence-corrected chi connectivity index (χ0v) is 18.0. The average Bonchev–Trinajstić information content (AvgIpc) is 2.79. The third kappa shape index (κ3) is 4.72. The molecule has 0 radical (unpaired) electrons. The normalized spacial score (nSPS) is 10.7. The number of carbonyl (C=O) groups is 2. The lowest BCUT2D eigenvalue weighted by Crippen LogP contribution is -2.35. The first kappa shape index (κ1) is 22.4.